The summed E-state index contributed by atoms with van der Waals surface area (Å²) < 4.78 is 0. The summed E-state index contributed by atoms with van der Waals surface area (Å²) in [4.78, 5) is 32.8. The van der Waals surface area contributed by atoms with Crippen LogP contribution in [0.2, 0.25) is 5.02 Å². The van der Waals surface area contributed by atoms with Crippen LogP contribution in [-0.2, 0) is 0 Å². The highest BCUT2D eigenvalue weighted by molar-refractivity contribution is 6.30. The minimum Gasteiger partial charge on any atom is -0.267 e. The van der Waals surface area contributed by atoms with Crippen molar-refractivity contribution in [2.24, 2.45) is 0 Å². The highest BCUT2D eigenvalue weighted by Crippen LogP contribution is 2.15. The Labute approximate surface area is 139 Å². The van der Waals surface area contributed by atoms with E-state index >= 15 is 0 Å². The molecule has 0 radical (unpaired) electrons. The summed E-state index contributed by atoms with van der Waals surface area (Å²) in [7, 11) is 0. The lowest BCUT2D eigenvalue weighted by Gasteiger charge is -2.34. The summed E-state index contributed by atoms with van der Waals surface area (Å²) in [6.45, 7) is 5.40. The van der Waals surface area contributed by atoms with E-state index in [0.29, 0.717) is 10.6 Å². The highest BCUT2D eigenvalue weighted by atomic mass is 35.5. The smallest absolute Gasteiger partial charge is 0.267 e. The van der Waals surface area contributed by atoms with Crippen molar-refractivity contribution in [3.05, 3.63) is 59.1 Å². The molecule has 0 aliphatic heterocycles. The van der Waals surface area contributed by atoms with E-state index in [1.54, 1.807) is 51.1 Å². The number of carbonyl (C=O) groups excluding carboxylic acids is 2. The van der Waals surface area contributed by atoms with Gasteiger partial charge in [-0.05, 0) is 51.1 Å². The molecule has 0 bridgehead atoms. The van der Waals surface area contributed by atoms with Gasteiger partial charge in [0.25, 0.3) is 5.91 Å². The number of amides is 2. The van der Waals surface area contributed by atoms with Crippen molar-refractivity contribution in [2.75, 3.05) is 0 Å². The number of halogens is 1. The van der Waals surface area contributed by atoms with Gasteiger partial charge in [-0.15, -0.1) is 0 Å². The molecule has 0 atom stereocenters. The van der Waals surface area contributed by atoms with Crippen LogP contribution in [0.1, 0.15) is 41.7 Å². The monoisotopic (exact) mass is 332 g/mol. The van der Waals surface area contributed by atoms with Crippen LogP contribution in [0.3, 0.4) is 0 Å². The topological polar surface area (TPSA) is 75.2 Å². The van der Waals surface area contributed by atoms with Crippen LogP contribution in [-0.4, -0.2) is 32.3 Å². The van der Waals surface area contributed by atoms with Crippen LogP contribution in [0, 0.1) is 0 Å². The second-order valence-electron chi connectivity index (χ2n) is 5.83. The third-order valence-corrected chi connectivity index (χ3v) is 3.20. The van der Waals surface area contributed by atoms with Crippen molar-refractivity contribution >= 4 is 23.4 Å². The molecule has 7 heteroatoms. The fourth-order valence-corrected chi connectivity index (χ4v) is 1.93. The van der Waals surface area contributed by atoms with Gasteiger partial charge in [0, 0.05) is 23.0 Å². The molecule has 1 aromatic heterocycles. The summed E-state index contributed by atoms with van der Waals surface area (Å²) in [5.41, 5.74) is 2.35. The molecule has 0 aliphatic rings. The zero-order valence-electron chi connectivity index (χ0n) is 13.1. The summed E-state index contributed by atoms with van der Waals surface area (Å²) in [6.07, 6.45) is 2.95. The first-order valence-corrected chi connectivity index (χ1v) is 7.35. The first-order valence-electron chi connectivity index (χ1n) is 6.97. The van der Waals surface area contributed by atoms with E-state index in [0.717, 1.165) is 0 Å². The van der Waals surface area contributed by atoms with E-state index in [4.69, 9.17) is 11.6 Å². The van der Waals surface area contributed by atoms with Gasteiger partial charge in [-0.3, -0.25) is 15.0 Å². The average molecular weight is 333 g/mol. The Hall–Kier alpha value is -2.47. The zero-order chi connectivity index (χ0) is 17.0. The molecule has 1 heterocycles. The van der Waals surface area contributed by atoms with Crippen LogP contribution in [0.5, 0.6) is 0 Å². The van der Waals surface area contributed by atoms with Crippen LogP contribution in [0.15, 0.2) is 42.7 Å². The Bertz CT molecular complexity index is 696. The fraction of sp³-hybridized carbons (Fsp3) is 0.250. The molecule has 23 heavy (non-hydrogen) atoms. The van der Waals surface area contributed by atoms with Crippen LogP contribution in [0.4, 0.5) is 0 Å². The van der Waals surface area contributed by atoms with Gasteiger partial charge >= 0.3 is 5.91 Å². The fourth-order valence-electron chi connectivity index (χ4n) is 1.80. The quantitative estimate of drug-likeness (QED) is 0.858. The number of hydrogen-bond donors (Lipinski definition) is 1. The van der Waals surface area contributed by atoms with Gasteiger partial charge in [0.05, 0.1) is 5.54 Å². The molecule has 0 unspecified atom stereocenters. The standard InChI is InChI=1S/C16H17ClN4O2/c1-16(2,3)21(15(23)13-18-9-4-10-19-13)20-14(22)11-5-7-12(17)8-6-11/h4-10H,1-3H3,(H,20,22). The van der Waals surface area contributed by atoms with Gasteiger partial charge in [0.1, 0.15) is 0 Å². The lowest BCUT2D eigenvalue weighted by Crippen LogP contribution is -2.56. The Balaban J connectivity index is 2.24. The number of benzene rings is 1. The maximum atomic E-state index is 12.6. The van der Waals surface area contributed by atoms with Gasteiger partial charge in [-0.2, -0.15) is 0 Å². The summed E-state index contributed by atoms with van der Waals surface area (Å²) >= 11 is 5.81. The normalized spacial score (nSPS) is 11.0. The second-order valence-corrected chi connectivity index (χ2v) is 6.27. The Kier molecular flexibility index (Phi) is 4.95. The molecule has 0 fully saturated rings. The number of hydrazine groups is 1. The number of carbonyl (C=O) groups is 2. The van der Waals surface area contributed by atoms with Crippen molar-refractivity contribution in [1.29, 1.82) is 0 Å². The number of nitrogens with zero attached hydrogens (tertiary/aromatic N) is 3. The van der Waals surface area contributed by atoms with E-state index in [2.05, 4.69) is 15.4 Å². The lowest BCUT2D eigenvalue weighted by atomic mass is 10.1. The summed E-state index contributed by atoms with van der Waals surface area (Å²) in [5.74, 6) is -0.889. The molecular weight excluding hydrogens is 316 g/mol. The van der Waals surface area contributed by atoms with E-state index < -0.39 is 17.4 Å². The number of rotatable bonds is 2. The predicted molar refractivity (Wildman–Crippen MR) is 86.9 cm³/mol. The molecular formula is C16H17ClN4O2. The molecule has 2 rings (SSSR count). The lowest BCUT2D eigenvalue weighted by molar-refractivity contribution is 0.0348. The Morgan fingerprint density at radius 1 is 1.09 bits per heavy atom. The maximum absolute atomic E-state index is 12.6. The molecule has 0 saturated heterocycles. The molecule has 6 nitrogen and oxygen atoms in total. The van der Waals surface area contributed by atoms with E-state index in [1.807, 2.05) is 0 Å². The minimum absolute atomic E-state index is 0.0128. The Morgan fingerprint density at radius 2 is 1.65 bits per heavy atom. The summed E-state index contributed by atoms with van der Waals surface area (Å²) in [5, 5.41) is 1.75. The largest absolute Gasteiger partial charge is 0.310 e. The number of aromatic nitrogens is 2. The van der Waals surface area contributed by atoms with Crippen LogP contribution in [0.25, 0.3) is 0 Å². The maximum Gasteiger partial charge on any atom is 0.310 e. The average Bonchev–Trinajstić information content (AvgIpc) is 2.52. The van der Waals surface area contributed by atoms with Gasteiger partial charge < -0.3 is 0 Å². The first-order chi connectivity index (χ1) is 10.8. The number of nitrogens with one attached hydrogen (secondary N) is 1. The highest BCUT2D eigenvalue weighted by Gasteiger charge is 2.31. The molecule has 2 amide bonds. The van der Waals surface area contributed by atoms with Crippen molar-refractivity contribution in [3.63, 3.8) is 0 Å². The third kappa shape index (κ3) is 4.26. The van der Waals surface area contributed by atoms with E-state index in [1.165, 1.54) is 17.4 Å². The van der Waals surface area contributed by atoms with Gasteiger partial charge in [0.15, 0.2) is 0 Å². The van der Waals surface area contributed by atoms with Crippen LogP contribution < -0.4 is 5.43 Å². The predicted octanol–water partition coefficient (Wildman–Crippen LogP) is 2.72. The van der Waals surface area contributed by atoms with Gasteiger partial charge in [-0.1, -0.05) is 11.6 Å². The minimum atomic E-state index is -0.654. The molecule has 1 aromatic carbocycles. The second kappa shape index (κ2) is 6.75. The van der Waals surface area contributed by atoms with Crippen molar-refractivity contribution in [1.82, 2.24) is 20.4 Å². The van der Waals surface area contributed by atoms with E-state index in [9.17, 15) is 9.59 Å². The van der Waals surface area contributed by atoms with Crippen molar-refractivity contribution < 1.29 is 9.59 Å². The third-order valence-electron chi connectivity index (χ3n) is 2.95. The SMILES string of the molecule is CC(C)(C)N(NC(=O)c1ccc(Cl)cc1)C(=O)c1ncccn1. The van der Waals surface area contributed by atoms with Crippen LogP contribution >= 0.6 is 11.6 Å². The zero-order valence-corrected chi connectivity index (χ0v) is 13.8. The molecule has 120 valence electrons. The summed E-state index contributed by atoms with van der Waals surface area (Å²) in [6, 6.07) is 8.01. The van der Waals surface area contributed by atoms with E-state index in [-0.39, 0.29) is 5.82 Å². The molecule has 0 spiro atoms. The van der Waals surface area contributed by atoms with Gasteiger partial charge in [0.2, 0.25) is 5.82 Å². The molecule has 0 saturated carbocycles. The molecule has 1 N–H and O–H groups in total. The molecule has 0 aliphatic carbocycles. The molecule has 2 aromatic rings. The number of hydrogen-bond acceptors (Lipinski definition) is 4. The van der Waals surface area contributed by atoms with Gasteiger partial charge in [-0.25, -0.2) is 15.0 Å². The van der Waals surface area contributed by atoms with Crippen molar-refractivity contribution in [2.45, 2.75) is 26.3 Å². The van der Waals surface area contributed by atoms with Crippen molar-refractivity contribution in [3.8, 4) is 0 Å². The first kappa shape index (κ1) is 16.9. The Morgan fingerprint density at radius 3 is 2.17 bits per heavy atom.